The summed E-state index contributed by atoms with van der Waals surface area (Å²) < 4.78 is 105. The summed E-state index contributed by atoms with van der Waals surface area (Å²) in [6.45, 7) is 0.349. The molecule has 0 aromatic heterocycles. The Morgan fingerprint density at radius 1 is 0.815 bits per heavy atom. The summed E-state index contributed by atoms with van der Waals surface area (Å²) in [5.74, 6) is -6.41. The number of benzene rings is 2. The van der Waals surface area contributed by atoms with Crippen LogP contribution >= 0.6 is 12.6 Å². The van der Waals surface area contributed by atoms with Gasteiger partial charge in [0.15, 0.2) is 6.29 Å². The van der Waals surface area contributed by atoms with Crippen molar-refractivity contribution < 1.29 is 40.2 Å². The molecular weight excluding hydrogens is 401 g/mol. The lowest BCUT2D eigenvalue weighted by Gasteiger charge is -2.27. The van der Waals surface area contributed by atoms with Crippen molar-refractivity contribution in [2.75, 3.05) is 13.2 Å². The summed E-state index contributed by atoms with van der Waals surface area (Å²) in [4.78, 5) is 0. The quantitative estimate of drug-likeness (QED) is 0.535. The van der Waals surface area contributed by atoms with E-state index in [9.17, 15) is 30.7 Å². The van der Waals surface area contributed by atoms with E-state index in [1.807, 2.05) is 0 Å². The van der Waals surface area contributed by atoms with Crippen LogP contribution < -0.4 is 0 Å². The molecule has 1 aliphatic heterocycles. The van der Waals surface area contributed by atoms with Crippen LogP contribution in [0.5, 0.6) is 0 Å². The Labute approximate surface area is 154 Å². The zero-order chi connectivity index (χ0) is 19.9. The van der Waals surface area contributed by atoms with E-state index in [0.717, 1.165) is 12.1 Å². The molecule has 1 aliphatic rings. The maximum Gasteiger partial charge on any atom is 0.422 e. The first-order chi connectivity index (χ1) is 12.6. The van der Waals surface area contributed by atoms with E-state index < -0.39 is 52.4 Å². The molecule has 27 heavy (non-hydrogen) atoms. The zero-order valence-corrected chi connectivity index (χ0v) is 14.2. The van der Waals surface area contributed by atoms with Crippen molar-refractivity contribution in [1.29, 1.82) is 0 Å². The van der Waals surface area contributed by atoms with Gasteiger partial charge in [-0.25, -0.2) is 17.6 Å². The second-order valence-corrected chi connectivity index (χ2v) is 6.55. The van der Waals surface area contributed by atoms with Gasteiger partial charge in [0.2, 0.25) is 0 Å². The Bertz CT molecular complexity index is 815. The van der Waals surface area contributed by atoms with E-state index in [4.69, 9.17) is 9.47 Å². The average Bonchev–Trinajstić information content (AvgIpc) is 2.52. The third kappa shape index (κ3) is 4.07. The second-order valence-electron chi connectivity index (χ2n) is 5.82. The predicted octanol–water partition coefficient (Wildman–Crippen LogP) is 5.27. The third-order valence-corrected chi connectivity index (χ3v) is 4.13. The fourth-order valence-electron chi connectivity index (χ4n) is 2.68. The minimum absolute atomic E-state index is 0.0261. The Kier molecular flexibility index (Phi) is 5.42. The van der Waals surface area contributed by atoms with E-state index in [1.54, 1.807) is 0 Å². The average molecular weight is 412 g/mol. The lowest BCUT2D eigenvalue weighted by molar-refractivity contribution is -0.179. The lowest BCUT2D eigenvalue weighted by Crippen LogP contribution is -2.27. The zero-order valence-electron chi connectivity index (χ0n) is 13.3. The fraction of sp³-hybridized carbons (Fsp3) is 0.294. The van der Waals surface area contributed by atoms with Crippen LogP contribution in [0.3, 0.4) is 0 Å². The molecule has 146 valence electrons. The highest BCUT2D eigenvalue weighted by molar-refractivity contribution is 7.81. The summed E-state index contributed by atoms with van der Waals surface area (Å²) in [5.41, 5.74) is -3.73. The highest BCUT2D eigenvalue weighted by Crippen LogP contribution is 2.38. The van der Waals surface area contributed by atoms with Gasteiger partial charge >= 0.3 is 6.18 Å². The van der Waals surface area contributed by atoms with Gasteiger partial charge in [0.1, 0.15) is 28.8 Å². The van der Waals surface area contributed by atoms with Crippen molar-refractivity contribution >= 4 is 12.6 Å². The first kappa shape index (κ1) is 20.0. The number of hydrogen-bond acceptors (Lipinski definition) is 3. The Morgan fingerprint density at radius 2 is 1.30 bits per heavy atom. The molecule has 0 radical (unpaired) electrons. The SMILES string of the molecule is Fc1cc(C2OCC(S)CO2)cc(F)c1-c1cc(F)c(C(F)(F)F)c(F)c1. The van der Waals surface area contributed by atoms with Crippen LogP contribution in [0.1, 0.15) is 17.4 Å². The summed E-state index contributed by atoms with van der Waals surface area (Å²) in [5, 5.41) is -0.201. The monoisotopic (exact) mass is 412 g/mol. The summed E-state index contributed by atoms with van der Waals surface area (Å²) in [6.07, 6.45) is -6.35. The van der Waals surface area contributed by atoms with Crippen LogP contribution in [0.25, 0.3) is 11.1 Å². The van der Waals surface area contributed by atoms with Gasteiger partial charge in [-0.2, -0.15) is 25.8 Å². The van der Waals surface area contributed by atoms with Crippen molar-refractivity contribution in [2.24, 2.45) is 0 Å². The molecule has 0 aliphatic carbocycles. The second kappa shape index (κ2) is 7.33. The minimum Gasteiger partial charge on any atom is -0.347 e. The third-order valence-electron chi connectivity index (χ3n) is 3.83. The van der Waals surface area contributed by atoms with E-state index >= 15 is 0 Å². The topological polar surface area (TPSA) is 18.5 Å². The molecular formula is C17H11F7O2S. The molecule has 1 saturated heterocycles. The number of ether oxygens (including phenoxy) is 2. The summed E-state index contributed by atoms with van der Waals surface area (Å²) in [6, 6.07) is 2.11. The Hall–Kier alpha value is -1.78. The van der Waals surface area contributed by atoms with Crippen molar-refractivity contribution in [3.8, 4) is 11.1 Å². The maximum atomic E-state index is 14.4. The van der Waals surface area contributed by atoms with Crippen LogP contribution in [0.4, 0.5) is 30.7 Å². The standard InChI is InChI=1S/C17H11F7O2S/c18-10-3-8(16-25-5-9(27)6-26-16)4-11(19)14(10)7-1-12(20)15(13(21)2-7)17(22,23)24/h1-4,9,16,27H,5-6H2. The van der Waals surface area contributed by atoms with Gasteiger partial charge in [-0.05, 0) is 29.8 Å². The van der Waals surface area contributed by atoms with Crippen molar-refractivity contribution in [3.05, 3.63) is 58.7 Å². The van der Waals surface area contributed by atoms with Gasteiger partial charge in [0.25, 0.3) is 0 Å². The molecule has 3 rings (SSSR count). The Balaban J connectivity index is 2.01. The molecule has 0 unspecified atom stereocenters. The van der Waals surface area contributed by atoms with E-state index in [-0.39, 0.29) is 36.2 Å². The predicted molar refractivity (Wildman–Crippen MR) is 84.1 cm³/mol. The van der Waals surface area contributed by atoms with Crippen LogP contribution in [-0.2, 0) is 15.7 Å². The maximum absolute atomic E-state index is 14.4. The number of thiol groups is 1. The molecule has 1 fully saturated rings. The van der Waals surface area contributed by atoms with Crippen LogP contribution in [0.15, 0.2) is 24.3 Å². The normalized spacial score (nSPS) is 20.7. The fourth-order valence-corrected chi connectivity index (χ4v) is 2.85. The molecule has 2 nitrogen and oxygen atoms in total. The van der Waals surface area contributed by atoms with Gasteiger partial charge in [0.05, 0.1) is 18.8 Å². The molecule has 1 heterocycles. The highest BCUT2D eigenvalue weighted by Gasteiger charge is 2.38. The van der Waals surface area contributed by atoms with E-state index in [2.05, 4.69) is 12.6 Å². The first-order valence-corrected chi connectivity index (χ1v) is 8.06. The Morgan fingerprint density at radius 3 is 1.74 bits per heavy atom. The first-order valence-electron chi connectivity index (χ1n) is 7.54. The van der Waals surface area contributed by atoms with Gasteiger partial charge in [-0.15, -0.1) is 0 Å². The van der Waals surface area contributed by atoms with Crippen molar-refractivity contribution in [1.82, 2.24) is 0 Å². The lowest BCUT2D eigenvalue weighted by atomic mass is 9.99. The number of hydrogen-bond donors (Lipinski definition) is 1. The van der Waals surface area contributed by atoms with Crippen LogP contribution in [-0.4, -0.2) is 18.5 Å². The van der Waals surface area contributed by atoms with Gasteiger partial charge in [-0.1, -0.05) is 0 Å². The molecule has 2 aromatic rings. The molecule has 0 saturated carbocycles. The van der Waals surface area contributed by atoms with E-state index in [1.165, 1.54) is 0 Å². The van der Waals surface area contributed by atoms with Crippen LogP contribution in [0.2, 0.25) is 0 Å². The number of halogens is 7. The van der Waals surface area contributed by atoms with E-state index in [0.29, 0.717) is 0 Å². The van der Waals surface area contributed by atoms with Gasteiger partial charge in [-0.3, -0.25) is 0 Å². The smallest absolute Gasteiger partial charge is 0.347 e. The van der Waals surface area contributed by atoms with Crippen molar-refractivity contribution in [2.45, 2.75) is 17.7 Å². The number of alkyl halides is 3. The molecule has 10 heteroatoms. The van der Waals surface area contributed by atoms with Gasteiger partial charge < -0.3 is 9.47 Å². The molecule has 0 N–H and O–H groups in total. The molecule has 0 spiro atoms. The molecule has 0 bridgehead atoms. The van der Waals surface area contributed by atoms with Gasteiger partial charge in [0, 0.05) is 10.8 Å². The molecule has 0 amide bonds. The van der Waals surface area contributed by atoms with Crippen molar-refractivity contribution in [3.63, 3.8) is 0 Å². The highest BCUT2D eigenvalue weighted by atomic mass is 32.1. The summed E-state index contributed by atoms with van der Waals surface area (Å²) in [7, 11) is 0. The van der Waals surface area contributed by atoms with Crippen LogP contribution in [0, 0.1) is 23.3 Å². The minimum atomic E-state index is -5.28. The summed E-state index contributed by atoms with van der Waals surface area (Å²) >= 11 is 4.12. The number of rotatable bonds is 2. The molecule has 0 atom stereocenters. The molecule has 2 aromatic carbocycles. The largest absolute Gasteiger partial charge is 0.422 e.